The van der Waals surface area contributed by atoms with Crippen molar-refractivity contribution >= 4 is 17.3 Å². The summed E-state index contributed by atoms with van der Waals surface area (Å²) in [5, 5.41) is 9.64. The number of nitrogen functional groups attached to an aromatic ring is 1. The van der Waals surface area contributed by atoms with E-state index < -0.39 is 0 Å². The Morgan fingerprint density at radius 2 is 2.12 bits per heavy atom. The molecule has 0 bridgehead atoms. The maximum Gasteiger partial charge on any atom is 0.0558 e. The quantitative estimate of drug-likeness (QED) is 0.778. The average Bonchev–Trinajstić information content (AvgIpc) is 2.20. The van der Waals surface area contributed by atoms with Crippen molar-refractivity contribution in [1.29, 1.82) is 0 Å². The lowest BCUT2D eigenvalue weighted by Gasteiger charge is -2.26. The molecule has 0 saturated carbocycles. The van der Waals surface area contributed by atoms with Gasteiger partial charge in [0, 0.05) is 29.8 Å². The Morgan fingerprint density at radius 3 is 2.62 bits per heavy atom. The van der Waals surface area contributed by atoms with Crippen molar-refractivity contribution in [2.45, 2.75) is 26.4 Å². The molecule has 0 heterocycles. The van der Waals surface area contributed by atoms with E-state index in [2.05, 4.69) is 18.7 Å². The molecule has 0 aliphatic carbocycles. The average molecular weight is 243 g/mol. The van der Waals surface area contributed by atoms with Crippen molar-refractivity contribution in [1.82, 2.24) is 4.90 Å². The standard InChI is InChI=1S/C12H19ClN2O/c1-9(2)15(5-6-16)8-10-3-4-11(13)7-12(10)14/h3-4,7,9,16H,5-6,8,14H2,1-2H3. The molecule has 0 spiro atoms. The Balaban J connectivity index is 2.77. The molecular weight excluding hydrogens is 224 g/mol. The van der Waals surface area contributed by atoms with Gasteiger partial charge in [-0.25, -0.2) is 0 Å². The van der Waals surface area contributed by atoms with Gasteiger partial charge in [0.1, 0.15) is 0 Å². The molecule has 1 rings (SSSR count). The van der Waals surface area contributed by atoms with E-state index in [1.54, 1.807) is 6.07 Å². The van der Waals surface area contributed by atoms with Gasteiger partial charge in [0.2, 0.25) is 0 Å². The summed E-state index contributed by atoms with van der Waals surface area (Å²) < 4.78 is 0. The highest BCUT2D eigenvalue weighted by molar-refractivity contribution is 6.30. The first-order chi connectivity index (χ1) is 7.54. The van der Waals surface area contributed by atoms with Gasteiger partial charge in [-0.1, -0.05) is 17.7 Å². The van der Waals surface area contributed by atoms with Gasteiger partial charge in [-0.3, -0.25) is 4.90 Å². The lowest BCUT2D eigenvalue weighted by atomic mass is 10.1. The fourth-order valence-electron chi connectivity index (χ4n) is 1.58. The molecule has 16 heavy (non-hydrogen) atoms. The Morgan fingerprint density at radius 1 is 1.44 bits per heavy atom. The van der Waals surface area contributed by atoms with Crippen LogP contribution in [0.1, 0.15) is 19.4 Å². The topological polar surface area (TPSA) is 49.5 Å². The van der Waals surface area contributed by atoms with Gasteiger partial charge in [0.15, 0.2) is 0 Å². The molecule has 0 aromatic heterocycles. The third-order valence-electron chi connectivity index (χ3n) is 2.60. The van der Waals surface area contributed by atoms with E-state index in [9.17, 15) is 0 Å². The minimum atomic E-state index is 0.158. The SMILES string of the molecule is CC(C)N(CCO)Cc1ccc(Cl)cc1N. The van der Waals surface area contributed by atoms with Crippen molar-refractivity contribution in [3.8, 4) is 0 Å². The molecule has 1 aromatic carbocycles. The predicted molar refractivity (Wildman–Crippen MR) is 68.5 cm³/mol. The van der Waals surface area contributed by atoms with Crippen molar-refractivity contribution < 1.29 is 5.11 Å². The molecule has 0 aliphatic rings. The van der Waals surface area contributed by atoms with Crippen LogP contribution in [0.25, 0.3) is 0 Å². The Hall–Kier alpha value is -0.770. The monoisotopic (exact) mass is 242 g/mol. The lowest BCUT2D eigenvalue weighted by Crippen LogP contribution is -2.33. The van der Waals surface area contributed by atoms with Crippen molar-refractivity contribution in [3.05, 3.63) is 28.8 Å². The molecule has 0 unspecified atom stereocenters. The molecule has 0 amide bonds. The number of hydrogen-bond donors (Lipinski definition) is 2. The maximum absolute atomic E-state index is 8.98. The summed E-state index contributed by atoms with van der Waals surface area (Å²) in [4.78, 5) is 2.17. The van der Waals surface area contributed by atoms with Crippen LogP contribution in [-0.4, -0.2) is 29.2 Å². The second kappa shape index (κ2) is 6.09. The van der Waals surface area contributed by atoms with Crippen LogP contribution >= 0.6 is 11.6 Å². The van der Waals surface area contributed by atoms with Crippen molar-refractivity contribution in [2.75, 3.05) is 18.9 Å². The first-order valence-electron chi connectivity index (χ1n) is 5.43. The number of halogens is 1. The second-order valence-electron chi connectivity index (χ2n) is 4.13. The fraction of sp³-hybridized carbons (Fsp3) is 0.500. The molecule has 0 radical (unpaired) electrons. The number of nitrogens with two attached hydrogens (primary N) is 1. The summed E-state index contributed by atoms with van der Waals surface area (Å²) in [7, 11) is 0. The molecule has 3 N–H and O–H groups in total. The van der Waals surface area contributed by atoms with Gasteiger partial charge in [-0.15, -0.1) is 0 Å². The molecule has 0 fully saturated rings. The van der Waals surface area contributed by atoms with E-state index in [0.717, 1.165) is 12.1 Å². The van der Waals surface area contributed by atoms with E-state index in [1.807, 2.05) is 12.1 Å². The molecule has 4 heteroatoms. The smallest absolute Gasteiger partial charge is 0.0558 e. The third kappa shape index (κ3) is 3.67. The Labute approximate surface area is 102 Å². The highest BCUT2D eigenvalue weighted by Gasteiger charge is 2.11. The van der Waals surface area contributed by atoms with Crippen molar-refractivity contribution in [3.63, 3.8) is 0 Å². The van der Waals surface area contributed by atoms with Crippen LogP contribution < -0.4 is 5.73 Å². The highest BCUT2D eigenvalue weighted by atomic mass is 35.5. The molecule has 0 saturated heterocycles. The first kappa shape index (κ1) is 13.3. The number of rotatable bonds is 5. The van der Waals surface area contributed by atoms with Crippen LogP contribution in [0, 0.1) is 0 Å². The zero-order chi connectivity index (χ0) is 12.1. The van der Waals surface area contributed by atoms with Crippen LogP contribution in [0.3, 0.4) is 0 Å². The lowest BCUT2D eigenvalue weighted by molar-refractivity contribution is 0.159. The number of aliphatic hydroxyl groups excluding tert-OH is 1. The van der Waals surface area contributed by atoms with Crippen LogP contribution in [0.2, 0.25) is 5.02 Å². The van der Waals surface area contributed by atoms with Crippen LogP contribution in [0.15, 0.2) is 18.2 Å². The Bertz CT molecular complexity index is 342. The van der Waals surface area contributed by atoms with E-state index in [1.165, 1.54) is 0 Å². The summed E-state index contributed by atoms with van der Waals surface area (Å²) in [6.45, 7) is 5.75. The zero-order valence-corrected chi connectivity index (χ0v) is 10.5. The van der Waals surface area contributed by atoms with Gasteiger partial charge < -0.3 is 10.8 Å². The van der Waals surface area contributed by atoms with E-state index >= 15 is 0 Å². The molecule has 3 nitrogen and oxygen atoms in total. The summed E-state index contributed by atoms with van der Waals surface area (Å²) in [6.07, 6.45) is 0. The highest BCUT2D eigenvalue weighted by Crippen LogP contribution is 2.20. The number of anilines is 1. The Kier molecular flexibility index (Phi) is 5.06. The van der Waals surface area contributed by atoms with Gasteiger partial charge >= 0.3 is 0 Å². The van der Waals surface area contributed by atoms with Crippen LogP contribution in [0.5, 0.6) is 0 Å². The second-order valence-corrected chi connectivity index (χ2v) is 4.57. The summed E-state index contributed by atoms with van der Waals surface area (Å²) in [6, 6.07) is 5.91. The van der Waals surface area contributed by atoms with Gasteiger partial charge in [0.25, 0.3) is 0 Å². The fourth-order valence-corrected chi connectivity index (χ4v) is 1.76. The largest absolute Gasteiger partial charge is 0.398 e. The van der Waals surface area contributed by atoms with E-state index in [-0.39, 0.29) is 6.61 Å². The van der Waals surface area contributed by atoms with E-state index in [0.29, 0.717) is 23.3 Å². The van der Waals surface area contributed by atoms with Crippen LogP contribution in [0.4, 0.5) is 5.69 Å². The molecular formula is C12H19ClN2O. The normalized spacial score (nSPS) is 11.4. The van der Waals surface area contributed by atoms with Gasteiger partial charge in [-0.2, -0.15) is 0 Å². The third-order valence-corrected chi connectivity index (χ3v) is 2.83. The number of hydrogen-bond acceptors (Lipinski definition) is 3. The summed E-state index contributed by atoms with van der Waals surface area (Å²) in [5.74, 6) is 0. The number of aliphatic hydroxyl groups is 1. The van der Waals surface area contributed by atoms with Crippen molar-refractivity contribution in [2.24, 2.45) is 0 Å². The first-order valence-corrected chi connectivity index (χ1v) is 5.81. The maximum atomic E-state index is 8.98. The van der Waals surface area contributed by atoms with Gasteiger partial charge in [0.05, 0.1) is 6.61 Å². The molecule has 1 aromatic rings. The summed E-state index contributed by atoms with van der Waals surface area (Å²) >= 11 is 5.84. The zero-order valence-electron chi connectivity index (χ0n) is 9.78. The van der Waals surface area contributed by atoms with Crippen LogP contribution in [-0.2, 0) is 6.54 Å². The minimum Gasteiger partial charge on any atom is -0.398 e. The number of benzene rings is 1. The number of nitrogens with zero attached hydrogens (tertiary/aromatic N) is 1. The van der Waals surface area contributed by atoms with E-state index in [4.69, 9.17) is 22.4 Å². The molecule has 90 valence electrons. The molecule has 0 aliphatic heterocycles. The molecule has 0 atom stereocenters. The summed E-state index contributed by atoms with van der Waals surface area (Å²) in [5.41, 5.74) is 7.64. The minimum absolute atomic E-state index is 0.158. The predicted octanol–water partition coefficient (Wildman–Crippen LogP) is 2.12. The van der Waals surface area contributed by atoms with Gasteiger partial charge in [-0.05, 0) is 31.5 Å².